The lowest BCUT2D eigenvalue weighted by molar-refractivity contribution is 0.0165. The third-order valence-electron chi connectivity index (χ3n) is 10.4. The van der Waals surface area contributed by atoms with Gasteiger partial charge in [-0.2, -0.15) is 5.26 Å². The van der Waals surface area contributed by atoms with E-state index in [1.54, 1.807) is 54.3 Å². The van der Waals surface area contributed by atoms with Crippen molar-refractivity contribution < 1.29 is 23.1 Å². The first-order valence-corrected chi connectivity index (χ1v) is 17.2. The van der Waals surface area contributed by atoms with Crippen LogP contribution in [0, 0.1) is 16.7 Å². The largest absolute Gasteiger partial charge is 0.391 e. The minimum atomic E-state index is -3.22. The van der Waals surface area contributed by atoms with Crippen molar-refractivity contribution in [1.82, 2.24) is 24.6 Å². The van der Waals surface area contributed by atoms with E-state index in [-0.39, 0.29) is 34.5 Å². The molecule has 3 aliphatic rings. The van der Waals surface area contributed by atoms with Gasteiger partial charge in [0, 0.05) is 68.7 Å². The second-order valence-electron chi connectivity index (χ2n) is 14.8. The first-order chi connectivity index (χ1) is 24.2. The van der Waals surface area contributed by atoms with Crippen molar-refractivity contribution in [2.24, 2.45) is 12.5 Å². The number of β-amino-alcohol motifs (C(OH)–C–C–N with tert-alkyl or cyclic N) is 1. The number of anilines is 2. The summed E-state index contributed by atoms with van der Waals surface area (Å²) in [7, 11) is 1.80. The monoisotopic (exact) mass is 698 g/mol. The predicted molar refractivity (Wildman–Crippen MR) is 187 cm³/mol. The number of benzene rings is 2. The Hall–Kier alpha value is -4.80. The Bertz CT molecular complexity index is 2040. The number of aromatic nitrogens is 4. The number of carbonyl (C=O) groups is 1. The molecule has 1 aliphatic carbocycles. The van der Waals surface area contributed by atoms with E-state index in [1.807, 2.05) is 0 Å². The molecule has 13 heteroatoms. The van der Waals surface area contributed by atoms with E-state index >= 15 is 13.2 Å². The molecule has 1 saturated heterocycles. The number of aryl methyl sites for hydroxylation is 1. The second-order valence-corrected chi connectivity index (χ2v) is 14.8. The van der Waals surface area contributed by atoms with E-state index in [2.05, 4.69) is 26.5 Å². The molecule has 1 atom stereocenters. The molecule has 1 saturated carbocycles. The molecule has 0 bridgehead atoms. The Morgan fingerprint density at radius 3 is 2.51 bits per heavy atom. The summed E-state index contributed by atoms with van der Waals surface area (Å²) in [5, 5.41) is 31.2. The van der Waals surface area contributed by atoms with Gasteiger partial charge in [0.1, 0.15) is 23.6 Å². The number of nitrogens with zero attached hydrogens (tertiary/aromatic N) is 7. The zero-order valence-electron chi connectivity index (χ0n) is 29.2. The summed E-state index contributed by atoms with van der Waals surface area (Å²) < 4.78 is 47.7. The number of fused-ring (bicyclic) bond motifs is 1. The molecular formula is C38H41F3N8O2. The lowest BCUT2D eigenvalue weighted by atomic mass is 9.91. The predicted octanol–water partition coefficient (Wildman–Crippen LogP) is 6.69. The van der Waals surface area contributed by atoms with Gasteiger partial charge in [-0.1, -0.05) is 12.1 Å². The molecule has 1 spiro atoms. The van der Waals surface area contributed by atoms with Gasteiger partial charge in [-0.15, -0.1) is 10.2 Å². The van der Waals surface area contributed by atoms with E-state index in [4.69, 9.17) is 10.2 Å². The van der Waals surface area contributed by atoms with Gasteiger partial charge in [0.05, 0.1) is 18.7 Å². The smallest absolute Gasteiger partial charge is 0.270 e. The zero-order chi connectivity index (χ0) is 36.3. The van der Waals surface area contributed by atoms with Crippen LogP contribution < -0.4 is 10.2 Å². The average Bonchev–Trinajstić information content (AvgIpc) is 3.46. The first kappa shape index (κ1) is 34.6. The molecule has 0 radical (unpaired) electrons. The van der Waals surface area contributed by atoms with Gasteiger partial charge in [-0.3, -0.25) is 14.6 Å². The van der Waals surface area contributed by atoms with Crippen LogP contribution in [0.2, 0.25) is 0 Å². The van der Waals surface area contributed by atoms with Crippen molar-refractivity contribution >= 4 is 17.5 Å². The summed E-state index contributed by atoms with van der Waals surface area (Å²) in [6, 6.07) is 14.0. The van der Waals surface area contributed by atoms with Gasteiger partial charge in [-0.25, -0.2) is 18.2 Å². The van der Waals surface area contributed by atoms with Crippen molar-refractivity contribution in [2.75, 3.05) is 29.9 Å². The van der Waals surface area contributed by atoms with Crippen LogP contribution >= 0.6 is 0 Å². The van der Waals surface area contributed by atoms with Crippen LogP contribution in [0.15, 0.2) is 48.8 Å². The Morgan fingerprint density at radius 1 is 1.08 bits per heavy atom. The van der Waals surface area contributed by atoms with Crippen molar-refractivity contribution in [2.45, 2.75) is 77.2 Å². The fourth-order valence-corrected chi connectivity index (χ4v) is 7.38. The third-order valence-corrected chi connectivity index (χ3v) is 10.4. The Morgan fingerprint density at radius 2 is 1.86 bits per heavy atom. The van der Waals surface area contributed by atoms with Gasteiger partial charge in [0.15, 0.2) is 5.82 Å². The topological polar surface area (TPSA) is 123 Å². The number of nitrogens with one attached hydrogen (secondary N) is 1. The van der Waals surface area contributed by atoms with Crippen molar-refractivity contribution in [3.63, 3.8) is 0 Å². The van der Waals surface area contributed by atoms with Crippen molar-refractivity contribution in [1.29, 1.82) is 5.26 Å². The molecule has 2 fully saturated rings. The zero-order valence-corrected chi connectivity index (χ0v) is 29.2. The van der Waals surface area contributed by atoms with Gasteiger partial charge in [0.25, 0.3) is 11.8 Å². The maximum atomic E-state index is 15.4. The SMILES string of the molecule is Cn1cnnc1-c1ccc(C(C)(C)F)cc1-c1cc(NCCCC#N)nc(N2Cc3c(cc(CN4C[C@H](O)C5(CC5)C4)cc3C(C)(F)F)C2=O)c1. The molecular weight excluding hydrogens is 657 g/mol. The number of aliphatic hydroxyl groups excluding tert-OH is 1. The Kier molecular flexibility index (Phi) is 8.66. The number of hydrogen-bond donors (Lipinski definition) is 2. The number of aliphatic hydroxyl groups is 1. The summed E-state index contributed by atoms with van der Waals surface area (Å²) >= 11 is 0. The van der Waals surface area contributed by atoms with E-state index < -0.39 is 23.6 Å². The highest BCUT2D eigenvalue weighted by Gasteiger charge is 2.54. The van der Waals surface area contributed by atoms with Crippen LogP contribution in [0.1, 0.15) is 79.1 Å². The molecule has 7 rings (SSSR count). The fourth-order valence-electron chi connectivity index (χ4n) is 7.38. The summed E-state index contributed by atoms with van der Waals surface area (Å²) in [5.74, 6) is -2.49. The number of carbonyl (C=O) groups excluding carboxylic acids is 1. The van der Waals surface area contributed by atoms with E-state index in [0.29, 0.717) is 78.5 Å². The Balaban J connectivity index is 1.30. The number of unbranched alkanes of at least 4 members (excludes halogenated alkanes) is 1. The molecule has 0 unspecified atom stereocenters. The number of pyridine rings is 1. The van der Waals surface area contributed by atoms with Crippen molar-refractivity contribution in [3.05, 3.63) is 76.6 Å². The Labute approximate surface area is 294 Å². The summed E-state index contributed by atoms with van der Waals surface area (Å²) in [5.41, 5.74) is 1.37. The molecule has 4 aromatic rings. The average molecular weight is 699 g/mol. The normalized spacial score (nSPS) is 18.4. The van der Waals surface area contributed by atoms with Crippen molar-refractivity contribution in [3.8, 4) is 28.6 Å². The van der Waals surface area contributed by atoms with Crippen LogP contribution in [0.5, 0.6) is 0 Å². The van der Waals surface area contributed by atoms with Crippen LogP contribution in [-0.4, -0.2) is 61.4 Å². The molecule has 2 aromatic carbocycles. The highest BCUT2D eigenvalue weighted by molar-refractivity contribution is 6.10. The lowest BCUT2D eigenvalue weighted by Gasteiger charge is -2.21. The molecule has 1 amide bonds. The molecule has 10 nitrogen and oxygen atoms in total. The molecule has 2 aliphatic heterocycles. The number of likely N-dealkylation sites (tertiary alicyclic amines) is 1. The fraction of sp³-hybridized carbons (Fsp3) is 0.447. The van der Waals surface area contributed by atoms with E-state index in [1.165, 1.54) is 24.8 Å². The summed E-state index contributed by atoms with van der Waals surface area (Å²) in [6.45, 7) is 5.60. The molecule has 2 N–H and O–H groups in total. The number of hydrogen-bond acceptors (Lipinski definition) is 8. The lowest BCUT2D eigenvalue weighted by Crippen LogP contribution is -2.25. The van der Waals surface area contributed by atoms with Crippen LogP contribution in [0.25, 0.3) is 22.5 Å². The molecule has 51 heavy (non-hydrogen) atoms. The summed E-state index contributed by atoms with van der Waals surface area (Å²) in [4.78, 5) is 22.5. The number of rotatable bonds is 11. The second kappa shape index (κ2) is 12.8. The minimum Gasteiger partial charge on any atom is -0.391 e. The van der Waals surface area contributed by atoms with Crippen LogP contribution in [0.3, 0.4) is 0 Å². The van der Waals surface area contributed by atoms with Gasteiger partial charge >= 0.3 is 0 Å². The standard InChI is InChI=1S/C38H41F3N8O2/c1-36(2,39)25-7-8-26(34-46-44-22-47(34)4)27(17-25)24-15-32(43-12-6-5-11-42)45-33(16-24)49-19-29-28(35(49)51)13-23(14-30(29)37(3,40)41)18-48-20-31(50)38(21-48)9-10-38/h7-8,13-17,22,31,50H,5-6,9-10,12,18-21H2,1-4H3,(H,43,45)/t31-/m0/s1. The number of nitriles is 1. The summed E-state index contributed by atoms with van der Waals surface area (Å²) in [6.07, 6.45) is 3.92. The quantitative estimate of drug-likeness (QED) is 0.166. The minimum absolute atomic E-state index is 0.0932. The molecule has 2 aromatic heterocycles. The molecule has 4 heterocycles. The third kappa shape index (κ3) is 6.70. The maximum absolute atomic E-state index is 15.4. The van der Waals surface area contributed by atoms with Gasteiger partial charge < -0.3 is 15.0 Å². The number of amides is 1. The van der Waals surface area contributed by atoms with Crippen LogP contribution in [-0.2, 0) is 31.7 Å². The highest BCUT2D eigenvalue weighted by atomic mass is 19.3. The number of alkyl halides is 3. The van der Waals surface area contributed by atoms with Gasteiger partial charge in [0.2, 0.25) is 0 Å². The molecule has 266 valence electrons. The van der Waals surface area contributed by atoms with Gasteiger partial charge in [-0.05, 0) is 91.3 Å². The number of halogens is 3. The first-order valence-electron chi connectivity index (χ1n) is 17.2. The van der Waals surface area contributed by atoms with E-state index in [9.17, 15) is 9.90 Å². The highest BCUT2D eigenvalue weighted by Crippen LogP contribution is 2.53. The van der Waals surface area contributed by atoms with E-state index in [0.717, 1.165) is 19.8 Å². The maximum Gasteiger partial charge on any atom is 0.270 e. The van der Waals surface area contributed by atoms with Crippen LogP contribution in [0.4, 0.5) is 24.8 Å².